The zero-order valence-electron chi connectivity index (χ0n) is 14.1. The first-order chi connectivity index (χ1) is 11.8. The molecule has 0 spiro atoms. The summed E-state index contributed by atoms with van der Waals surface area (Å²) in [6, 6.07) is 8.18. The van der Waals surface area contributed by atoms with Gasteiger partial charge in [0.05, 0.1) is 0 Å². The summed E-state index contributed by atoms with van der Waals surface area (Å²) < 4.78 is 11.6. The molecular formula is C22H24O2. The number of ether oxygens (including phenoxy) is 2. The fourth-order valence-corrected chi connectivity index (χ4v) is 2.77. The molecule has 0 unspecified atom stereocenters. The van der Waals surface area contributed by atoms with E-state index in [1.165, 1.54) is 0 Å². The Bertz CT molecular complexity index is 691. The second-order valence-corrected chi connectivity index (χ2v) is 5.36. The van der Waals surface area contributed by atoms with Crippen LogP contribution in [0.5, 0.6) is 11.5 Å². The molecule has 0 saturated heterocycles. The van der Waals surface area contributed by atoms with Gasteiger partial charge in [-0.2, -0.15) is 0 Å². The van der Waals surface area contributed by atoms with Gasteiger partial charge >= 0.3 is 0 Å². The normalized spacial score (nSPS) is 10.2. The van der Waals surface area contributed by atoms with Gasteiger partial charge in [-0.3, -0.25) is 0 Å². The van der Waals surface area contributed by atoms with Gasteiger partial charge in [-0.05, 0) is 35.7 Å². The fraction of sp³-hybridized carbons (Fsp3) is 0.182. The fourth-order valence-electron chi connectivity index (χ4n) is 2.77. The summed E-state index contributed by atoms with van der Waals surface area (Å²) in [5, 5.41) is 2.30. The molecule has 0 atom stereocenters. The lowest BCUT2D eigenvalue weighted by Gasteiger charge is -2.17. The molecule has 0 N–H and O–H groups in total. The van der Waals surface area contributed by atoms with Gasteiger partial charge in [0.2, 0.25) is 0 Å². The highest BCUT2D eigenvalue weighted by Crippen LogP contribution is 2.35. The van der Waals surface area contributed by atoms with E-state index < -0.39 is 0 Å². The summed E-state index contributed by atoms with van der Waals surface area (Å²) in [4.78, 5) is 0. The molecule has 2 rings (SSSR count). The van der Waals surface area contributed by atoms with Crippen molar-refractivity contribution in [3.8, 4) is 11.5 Å². The van der Waals surface area contributed by atoms with Crippen LogP contribution >= 0.6 is 0 Å². The maximum atomic E-state index is 5.81. The summed E-state index contributed by atoms with van der Waals surface area (Å²) in [5.74, 6) is 1.73. The van der Waals surface area contributed by atoms with Crippen molar-refractivity contribution in [3.63, 3.8) is 0 Å². The predicted octanol–water partition coefficient (Wildman–Crippen LogP) is 5.43. The quantitative estimate of drug-likeness (QED) is 0.544. The monoisotopic (exact) mass is 320 g/mol. The molecule has 124 valence electrons. The molecule has 0 bridgehead atoms. The molecule has 0 amide bonds. The molecule has 0 radical (unpaired) electrons. The Morgan fingerprint density at radius 1 is 0.625 bits per heavy atom. The van der Waals surface area contributed by atoms with E-state index in [2.05, 4.69) is 38.4 Å². The van der Waals surface area contributed by atoms with E-state index in [1.807, 2.05) is 24.3 Å². The van der Waals surface area contributed by atoms with E-state index in [9.17, 15) is 0 Å². The minimum Gasteiger partial charge on any atom is -0.489 e. The van der Waals surface area contributed by atoms with E-state index >= 15 is 0 Å². The van der Waals surface area contributed by atoms with E-state index in [4.69, 9.17) is 9.47 Å². The first kappa shape index (κ1) is 17.6. The molecule has 2 aromatic rings. The van der Waals surface area contributed by atoms with Crippen molar-refractivity contribution in [2.24, 2.45) is 0 Å². The molecule has 0 aliphatic rings. The second-order valence-electron chi connectivity index (χ2n) is 5.36. The maximum Gasteiger partial charge on any atom is 0.123 e. The molecule has 0 aliphatic heterocycles. The number of benzene rings is 2. The van der Waals surface area contributed by atoms with E-state index in [-0.39, 0.29) is 0 Å². The standard InChI is InChI=1S/C22H24O2/c1-5-9-19-17-11-14-22(24-16-8-4)20(10-6-2)18(17)12-13-21(19)23-15-7-3/h5-8,11-14H,1-4,9-10,15-16H2. The smallest absolute Gasteiger partial charge is 0.123 e. The molecule has 0 fully saturated rings. The summed E-state index contributed by atoms with van der Waals surface area (Å²) in [6.07, 6.45) is 8.76. The Labute approximate surface area is 144 Å². The lowest BCUT2D eigenvalue weighted by Crippen LogP contribution is -2.01. The number of allylic oxidation sites excluding steroid dienone is 2. The van der Waals surface area contributed by atoms with Crippen LogP contribution in [0, 0.1) is 0 Å². The molecule has 2 nitrogen and oxygen atoms in total. The van der Waals surface area contributed by atoms with Crippen molar-refractivity contribution in [3.05, 3.63) is 86.0 Å². The van der Waals surface area contributed by atoms with Gasteiger partial charge in [0.1, 0.15) is 24.7 Å². The van der Waals surface area contributed by atoms with E-state index in [1.54, 1.807) is 12.2 Å². The summed E-state index contributed by atoms with van der Waals surface area (Å²) in [6.45, 7) is 16.1. The van der Waals surface area contributed by atoms with Gasteiger partial charge < -0.3 is 9.47 Å². The van der Waals surface area contributed by atoms with Crippen molar-refractivity contribution < 1.29 is 9.47 Å². The SMILES string of the molecule is C=CCOc1ccc2c(CC=C)c(OCC=C)ccc2c1CC=C. The number of hydrogen-bond acceptors (Lipinski definition) is 2. The van der Waals surface area contributed by atoms with Crippen LogP contribution in [0.2, 0.25) is 0 Å². The number of fused-ring (bicyclic) bond motifs is 1. The van der Waals surface area contributed by atoms with Crippen molar-refractivity contribution in [2.45, 2.75) is 12.8 Å². The maximum absolute atomic E-state index is 5.81. The van der Waals surface area contributed by atoms with Gasteiger partial charge in [0, 0.05) is 11.1 Å². The van der Waals surface area contributed by atoms with Gasteiger partial charge in [-0.15, -0.1) is 13.2 Å². The first-order valence-electron chi connectivity index (χ1n) is 8.03. The van der Waals surface area contributed by atoms with Crippen molar-refractivity contribution in [1.29, 1.82) is 0 Å². The minimum absolute atomic E-state index is 0.482. The third kappa shape index (κ3) is 3.77. The van der Waals surface area contributed by atoms with Gasteiger partial charge in [0.25, 0.3) is 0 Å². The molecule has 24 heavy (non-hydrogen) atoms. The lowest BCUT2D eigenvalue weighted by atomic mass is 9.95. The van der Waals surface area contributed by atoms with Gasteiger partial charge in [0.15, 0.2) is 0 Å². The van der Waals surface area contributed by atoms with Crippen LogP contribution in [-0.4, -0.2) is 13.2 Å². The van der Waals surface area contributed by atoms with Crippen LogP contribution in [0.25, 0.3) is 10.8 Å². The predicted molar refractivity (Wildman–Crippen MR) is 103 cm³/mol. The van der Waals surface area contributed by atoms with Crippen LogP contribution in [0.3, 0.4) is 0 Å². The summed E-state index contributed by atoms with van der Waals surface area (Å²) in [5.41, 5.74) is 2.26. The Hall–Kier alpha value is -2.74. The van der Waals surface area contributed by atoms with Crippen LogP contribution in [-0.2, 0) is 12.8 Å². The Morgan fingerprint density at radius 2 is 1.04 bits per heavy atom. The first-order valence-corrected chi connectivity index (χ1v) is 8.03. The minimum atomic E-state index is 0.482. The zero-order valence-corrected chi connectivity index (χ0v) is 14.1. The molecule has 0 aromatic heterocycles. The Balaban J connectivity index is 2.64. The third-order valence-corrected chi connectivity index (χ3v) is 3.75. The average Bonchev–Trinajstić information content (AvgIpc) is 2.60. The highest BCUT2D eigenvalue weighted by Gasteiger charge is 2.13. The molecular weight excluding hydrogens is 296 g/mol. The number of hydrogen-bond donors (Lipinski definition) is 0. The topological polar surface area (TPSA) is 18.5 Å². The molecule has 0 saturated carbocycles. The van der Waals surface area contributed by atoms with Gasteiger partial charge in [-0.1, -0.05) is 49.6 Å². The Morgan fingerprint density at radius 3 is 1.38 bits per heavy atom. The van der Waals surface area contributed by atoms with Gasteiger partial charge in [-0.25, -0.2) is 0 Å². The van der Waals surface area contributed by atoms with Crippen LogP contribution < -0.4 is 9.47 Å². The second kappa shape index (κ2) is 8.78. The Kier molecular flexibility index (Phi) is 6.44. The molecule has 2 heteroatoms. The van der Waals surface area contributed by atoms with E-state index in [0.29, 0.717) is 13.2 Å². The van der Waals surface area contributed by atoms with Crippen LogP contribution in [0.15, 0.2) is 74.9 Å². The molecule has 0 heterocycles. The molecule has 0 aliphatic carbocycles. The van der Waals surface area contributed by atoms with Crippen LogP contribution in [0.1, 0.15) is 11.1 Å². The van der Waals surface area contributed by atoms with Crippen molar-refractivity contribution in [1.82, 2.24) is 0 Å². The zero-order chi connectivity index (χ0) is 17.4. The van der Waals surface area contributed by atoms with Crippen molar-refractivity contribution >= 4 is 10.8 Å². The molecule has 2 aromatic carbocycles. The highest BCUT2D eigenvalue weighted by atomic mass is 16.5. The van der Waals surface area contributed by atoms with E-state index in [0.717, 1.165) is 46.2 Å². The lowest BCUT2D eigenvalue weighted by molar-refractivity contribution is 0.359. The summed E-state index contributed by atoms with van der Waals surface area (Å²) in [7, 11) is 0. The third-order valence-electron chi connectivity index (χ3n) is 3.75. The number of rotatable bonds is 10. The van der Waals surface area contributed by atoms with Crippen LogP contribution in [0.4, 0.5) is 0 Å². The van der Waals surface area contributed by atoms with Crippen molar-refractivity contribution in [2.75, 3.05) is 13.2 Å². The summed E-state index contributed by atoms with van der Waals surface area (Å²) >= 11 is 0. The average molecular weight is 320 g/mol. The highest BCUT2D eigenvalue weighted by molar-refractivity contribution is 5.92. The largest absolute Gasteiger partial charge is 0.489 e.